The smallest absolute Gasteiger partial charge is 0.111 e. The summed E-state index contributed by atoms with van der Waals surface area (Å²) in [4.78, 5) is 0. The van der Waals surface area contributed by atoms with Gasteiger partial charge >= 0.3 is 0 Å². The Bertz CT molecular complexity index is 109. The maximum atomic E-state index is 5.44. The van der Waals surface area contributed by atoms with Gasteiger partial charge in [-0.3, -0.25) is 16.0 Å². The van der Waals surface area contributed by atoms with Crippen LogP contribution in [0.5, 0.6) is 0 Å². The summed E-state index contributed by atoms with van der Waals surface area (Å²) in [6, 6.07) is 0. The van der Waals surface area contributed by atoms with Crippen molar-refractivity contribution in [3.8, 4) is 0 Å². The fourth-order valence-electron chi connectivity index (χ4n) is 1.26. The molecule has 0 aromatic carbocycles. The Kier molecular flexibility index (Phi) is 12.6. The number of rotatable bonds is 12. The molecule has 0 aliphatic carbocycles. The third-order valence-electron chi connectivity index (χ3n) is 2.19. The van der Waals surface area contributed by atoms with Crippen molar-refractivity contribution in [2.75, 3.05) is 39.3 Å². The summed E-state index contributed by atoms with van der Waals surface area (Å²) in [5, 5.41) is 10.1. The Morgan fingerprint density at radius 2 is 0.938 bits per heavy atom. The van der Waals surface area contributed by atoms with Crippen LogP contribution < -0.4 is 33.2 Å². The second-order valence-corrected chi connectivity index (χ2v) is 3.72. The Hall–Kier alpha value is -0.240. The van der Waals surface area contributed by atoms with Crippen LogP contribution in [-0.4, -0.2) is 45.6 Å². The minimum absolute atomic E-state index is 0.129. The molecule has 16 heavy (non-hydrogen) atoms. The van der Waals surface area contributed by atoms with Crippen LogP contribution in [0.3, 0.4) is 0 Å². The molecule has 0 aromatic rings. The van der Waals surface area contributed by atoms with Gasteiger partial charge in [-0.1, -0.05) is 0 Å². The molecule has 0 saturated carbocycles. The SMILES string of the molecule is NCCCNC(NCCCN)NCCCN. The lowest BCUT2D eigenvalue weighted by Gasteiger charge is -2.21. The fraction of sp³-hybridized carbons (Fsp3) is 1.00. The lowest BCUT2D eigenvalue weighted by molar-refractivity contribution is 0.353. The molecule has 0 aliphatic heterocycles. The Morgan fingerprint density at radius 3 is 1.19 bits per heavy atom. The van der Waals surface area contributed by atoms with Crippen LogP contribution in [0.25, 0.3) is 0 Å². The van der Waals surface area contributed by atoms with Crippen molar-refractivity contribution < 1.29 is 0 Å². The standard InChI is InChI=1S/C10H28N6/c11-4-1-7-14-10(15-8-2-5-12)16-9-3-6-13/h10,14-16H,1-9,11-13H2. The van der Waals surface area contributed by atoms with Gasteiger partial charge in [0.1, 0.15) is 6.29 Å². The highest BCUT2D eigenvalue weighted by atomic mass is 15.3. The molecule has 0 radical (unpaired) electrons. The molecule has 98 valence electrons. The van der Waals surface area contributed by atoms with Crippen molar-refractivity contribution >= 4 is 0 Å². The maximum absolute atomic E-state index is 5.44. The minimum atomic E-state index is 0.129. The lowest BCUT2D eigenvalue weighted by atomic mass is 10.4. The molecule has 9 N–H and O–H groups in total. The van der Waals surface area contributed by atoms with Crippen LogP contribution in [-0.2, 0) is 0 Å². The average Bonchev–Trinajstić information content (AvgIpc) is 2.29. The normalized spacial score (nSPS) is 11.2. The van der Waals surface area contributed by atoms with Crippen LogP contribution in [0, 0.1) is 0 Å². The molecule has 0 fully saturated rings. The van der Waals surface area contributed by atoms with Crippen LogP contribution in [0.1, 0.15) is 19.3 Å². The van der Waals surface area contributed by atoms with Gasteiger partial charge in [0.15, 0.2) is 0 Å². The van der Waals surface area contributed by atoms with E-state index in [9.17, 15) is 0 Å². The highest BCUT2D eigenvalue weighted by Gasteiger charge is 2.04. The van der Waals surface area contributed by atoms with E-state index in [-0.39, 0.29) is 6.29 Å². The zero-order valence-electron chi connectivity index (χ0n) is 10.2. The van der Waals surface area contributed by atoms with Gasteiger partial charge in [-0.15, -0.1) is 0 Å². The monoisotopic (exact) mass is 232 g/mol. The van der Waals surface area contributed by atoms with E-state index in [2.05, 4.69) is 16.0 Å². The summed E-state index contributed by atoms with van der Waals surface area (Å²) < 4.78 is 0. The minimum Gasteiger partial charge on any atom is -0.330 e. The predicted molar refractivity (Wildman–Crippen MR) is 68.8 cm³/mol. The van der Waals surface area contributed by atoms with Gasteiger partial charge in [0.05, 0.1) is 0 Å². The van der Waals surface area contributed by atoms with Crippen molar-refractivity contribution in [1.82, 2.24) is 16.0 Å². The number of hydrogen-bond donors (Lipinski definition) is 6. The molecular weight excluding hydrogens is 204 g/mol. The van der Waals surface area contributed by atoms with E-state index in [1.807, 2.05) is 0 Å². The van der Waals surface area contributed by atoms with E-state index in [1.165, 1.54) is 0 Å². The lowest BCUT2D eigenvalue weighted by Crippen LogP contribution is -2.54. The first-order valence-corrected chi connectivity index (χ1v) is 6.15. The second kappa shape index (κ2) is 12.8. The van der Waals surface area contributed by atoms with Crippen LogP contribution in [0.2, 0.25) is 0 Å². The Balaban J connectivity index is 3.58. The highest BCUT2D eigenvalue weighted by molar-refractivity contribution is 4.63. The molecule has 0 bridgehead atoms. The van der Waals surface area contributed by atoms with Crippen molar-refractivity contribution in [2.45, 2.75) is 25.6 Å². The van der Waals surface area contributed by atoms with Crippen LogP contribution in [0.15, 0.2) is 0 Å². The number of hydrogen-bond acceptors (Lipinski definition) is 6. The number of nitrogens with two attached hydrogens (primary N) is 3. The highest BCUT2D eigenvalue weighted by Crippen LogP contribution is 1.79. The zero-order valence-corrected chi connectivity index (χ0v) is 10.2. The van der Waals surface area contributed by atoms with Gasteiger partial charge in [0.2, 0.25) is 0 Å². The summed E-state index contributed by atoms with van der Waals surface area (Å²) in [6.07, 6.45) is 3.07. The van der Waals surface area contributed by atoms with Crippen molar-refractivity contribution in [1.29, 1.82) is 0 Å². The van der Waals surface area contributed by atoms with Crippen molar-refractivity contribution in [3.63, 3.8) is 0 Å². The number of nitrogens with one attached hydrogen (secondary N) is 3. The quantitative estimate of drug-likeness (QED) is 0.173. The molecule has 0 aliphatic rings. The molecule has 6 nitrogen and oxygen atoms in total. The van der Waals surface area contributed by atoms with E-state index in [1.54, 1.807) is 0 Å². The Morgan fingerprint density at radius 1 is 0.625 bits per heavy atom. The summed E-state index contributed by atoms with van der Waals surface area (Å²) in [5.74, 6) is 0. The van der Waals surface area contributed by atoms with E-state index < -0.39 is 0 Å². The first-order valence-electron chi connectivity index (χ1n) is 6.15. The van der Waals surface area contributed by atoms with E-state index >= 15 is 0 Å². The molecule has 0 amide bonds. The topological polar surface area (TPSA) is 114 Å². The third-order valence-corrected chi connectivity index (χ3v) is 2.19. The van der Waals surface area contributed by atoms with Gasteiger partial charge < -0.3 is 17.2 Å². The average molecular weight is 232 g/mol. The Labute approximate surface area is 98.7 Å². The van der Waals surface area contributed by atoms with E-state index in [4.69, 9.17) is 17.2 Å². The molecular formula is C10H28N6. The van der Waals surface area contributed by atoms with Gasteiger partial charge in [0.25, 0.3) is 0 Å². The fourth-order valence-corrected chi connectivity index (χ4v) is 1.26. The first-order chi connectivity index (χ1) is 7.85. The first kappa shape index (κ1) is 15.8. The van der Waals surface area contributed by atoms with E-state index in [0.29, 0.717) is 19.6 Å². The molecule has 0 unspecified atom stereocenters. The summed E-state index contributed by atoms with van der Waals surface area (Å²) in [6.45, 7) is 4.87. The summed E-state index contributed by atoms with van der Waals surface area (Å²) >= 11 is 0. The second-order valence-electron chi connectivity index (χ2n) is 3.72. The van der Waals surface area contributed by atoms with E-state index in [0.717, 1.165) is 38.9 Å². The summed E-state index contributed by atoms with van der Waals surface area (Å²) in [7, 11) is 0. The molecule has 6 heteroatoms. The predicted octanol–water partition coefficient (Wildman–Crippen LogP) is -1.91. The largest absolute Gasteiger partial charge is 0.330 e. The summed E-state index contributed by atoms with van der Waals surface area (Å²) in [5.41, 5.74) is 16.3. The van der Waals surface area contributed by atoms with Crippen LogP contribution >= 0.6 is 0 Å². The molecule has 0 aromatic heterocycles. The molecule has 0 atom stereocenters. The van der Waals surface area contributed by atoms with Gasteiger partial charge in [-0.25, -0.2) is 0 Å². The molecule has 0 rings (SSSR count). The molecule has 0 saturated heterocycles. The van der Waals surface area contributed by atoms with Gasteiger partial charge in [-0.2, -0.15) is 0 Å². The molecule has 0 heterocycles. The molecule has 0 spiro atoms. The third kappa shape index (κ3) is 10.3. The van der Waals surface area contributed by atoms with Crippen molar-refractivity contribution in [3.05, 3.63) is 0 Å². The maximum Gasteiger partial charge on any atom is 0.111 e. The zero-order chi connectivity index (χ0) is 12.1. The van der Waals surface area contributed by atoms with Gasteiger partial charge in [0, 0.05) is 0 Å². The van der Waals surface area contributed by atoms with Gasteiger partial charge in [-0.05, 0) is 58.5 Å². The van der Waals surface area contributed by atoms with Crippen molar-refractivity contribution in [2.24, 2.45) is 17.2 Å². The van der Waals surface area contributed by atoms with Crippen LogP contribution in [0.4, 0.5) is 0 Å².